The first-order chi connectivity index (χ1) is 12.6. The van der Waals surface area contributed by atoms with Gasteiger partial charge in [-0.1, -0.05) is 12.1 Å². The highest BCUT2D eigenvalue weighted by atomic mass is 32.2. The number of aromatic amines is 1. The average Bonchev–Trinajstić information content (AvgIpc) is 3.15. The standard InChI is InChI=1S/C18H15F2N5S/c1-26-12-4-2-3-11(7-12)14-8-15(24-10-23-14)16-9-22-17(25-16)6-5-13(21)18(19)20/h2-10,18,21H,1H3,(H,22,25)/b6-5-,21-13?. The third-order valence-electron chi connectivity index (χ3n) is 3.56. The van der Waals surface area contributed by atoms with E-state index < -0.39 is 12.1 Å². The van der Waals surface area contributed by atoms with Crippen molar-refractivity contribution in [1.29, 1.82) is 5.41 Å². The maximum Gasteiger partial charge on any atom is 0.279 e. The minimum atomic E-state index is -2.80. The van der Waals surface area contributed by atoms with Crippen molar-refractivity contribution in [1.82, 2.24) is 19.9 Å². The molecule has 0 fully saturated rings. The summed E-state index contributed by atoms with van der Waals surface area (Å²) in [6, 6.07) is 9.86. The quantitative estimate of drug-likeness (QED) is 0.492. The van der Waals surface area contributed by atoms with Gasteiger partial charge in [0.2, 0.25) is 0 Å². The number of alkyl halides is 2. The second-order valence-corrected chi connectivity index (χ2v) is 6.17. The summed E-state index contributed by atoms with van der Waals surface area (Å²) in [5, 5.41) is 7.12. The number of thioether (sulfide) groups is 1. The van der Waals surface area contributed by atoms with E-state index in [1.807, 2.05) is 36.6 Å². The molecule has 0 radical (unpaired) electrons. The van der Waals surface area contributed by atoms with Gasteiger partial charge in [0.15, 0.2) is 0 Å². The first kappa shape index (κ1) is 17.9. The van der Waals surface area contributed by atoms with Gasteiger partial charge in [-0.3, -0.25) is 5.41 Å². The molecule has 0 aliphatic rings. The fourth-order valence-corrected chi connectivity index (χ4v) is 2.70. The molecule has 0 bridgehead atoms. The summed E-state index contributed by atoms with van der Waals surface area (Å²) in [7, 11) is 0. The summed E-state index contributed by atoms with van der Waals surface area (Å²) in [6.45, 7) is 0. The van der Waals surface area contributed by atoms with E-state index >= 15 is 0 Å². The van der Waals surface area contributed by atoms with Crippen molar-refractivity contribution < 1.29 is 8.78 Å². The lowest BCUT2D eigenvalue weighted by Crippen LogP contribution is -2.03. The lowest BCUT2D eigenvalue weighted by atomic mass is 10.1. The Bertz CT molecular complexity index is 952. The zero-order valence-electron chi connectivity index (χ0n) is 13.8. The highest BCUT2D eigenvalue weighted by Gasteiger charge is 2.09. The Hall–Kier alpha value is -2.87. The van der Waals surface area contributed by atoms with Gasteiger partial charge < -0.3 is 4.98 Å². The number of nitrogens with one attached hydrogen (secondary N) is 2. The van der Waals surface area contributed by atoms with Gasteiger partial charge in [0.05, 0.1) is 29.0 Å². The van der Waals surface area contributed by atoms with Crippen LogP contribution in [0.15, 0.2) is 53.8 Å². The molecule has 0 amide bonds. The number of aromatic nitrogens is 4. The minimum Gasteiger partial charge on any atom is -0.337 e. The van der Waals surface area contributed by atoms with E-state index in [1.54, 1.807) is 18.0 Å². The van der Waals surface area contributed by atoms with Crippen molar-refractivity contribution >= 4 is 23.5 Å². The van der Waals surface area contributed by atoms with Gasteiger partial charge >= 0.3 is 0 Å². The van der Waals surface area contributed by atoms with Crippen LogP contribution >= 0.6 is 11.8 Å². The minimum absolute atomic E-state index is 0.370. The van der Waals surface area contributed by atoms with Gasteiger partial charge in [0.1, 0.15) is 12.2 Å². The number of H-pyrrole nitrogens is 1. The SMILES string of the molecule is CSc1cccc(-c2cc(-c3cnc(/C=C\C(=N)C(F)F)[nH]3)ncn2)c1. The largest absolute Gasteiger partial charge is 0.337 e. The van der Waals surface area contributed by atoms with Crippen LogP contribution in [0.3, 0.4) is 0 Å². The Morgan fingerprint density at radius 1 is 1.19 bits per heavy atom. The molecule has 0 unspecified atom stereocenters. The number of imidazole rings is 1. The molecule has 2 aromatic heterocycles. The molecule has 0 aliphatic carbocycles. The molecule has 2 heterocycles. The summed E-state index contributed by atoms with van der Waals surface area (Å²) in [5.74, 6) is 0.370. The molecule has 2 N–H and O–H groups in total. The van der Waals surface area contributed by atoms with Crippen LogP contribution in [-0.4, -0.2) is 38.3 Å². The van der Waals surface area contributed by atoms with Crippen molar-refractivity contribution in [3.63, 3.8) is 0 Å². The monoisotopic (exact) mass is 371 g/mol. The molecule has 0 aliphatic heterocycles. The predicted molar refractivity (Wildman–Crippen MR) is 99.6 cm³/mol. The molecular weight excluding hydrogens is 356 g/mol. The van der Waals surface area contributed by atoms with Crippen molar-refractivity contribution in [2.24, 2.45) is 0 Å². The first-order valence-electron chi connectivity index (χ1n) is 7.63. The van der Waals surface area contributed by atoms with E-state index in [1.165, 1.54) is 12.4 Å². The lowest BCUT2D eigenvalue weighted by molar-refractivity contribution is 0.226. The van der Waals surface area contributed by atoms with E-state index in [2.05, 4.69) is 19.9 Å². The van der Waals surface area contributed by atoms with E-state index in [0.717, 1.165) is 22.2 Å². The fourth-order valence-electron chi connectivity index (χ4n) is 2.24. The summed E-state index contributed by atoms with van der Waals surface area (Å²) in [5.41, 5.74) is 2.27. The topological polar surface area (TPSA) is 78.3 Å². The molecule has 1 aromatic carbocycles. The third kappa shape index (κ3) is 4.20. The Morgan fingerprint density at radius 3 is 2.77 bits per heavy atom. The molecule has 8 heteroatoms. The molecular formula is C18H15F2N5S. The second kappa shape index (κ2) is 8.01. The van der Waals surface area contributed by atoms with E-state index in [4.69, 9.17) is 5.41 Å². The lowest BCUT2D eigenvalue weighted by Gasteiger charge is -2.04. The molecule has 132 valence electrons. The highest BCUT2D eigenvalue weighted by molar-refractivity contribution is 7.98. The van der Waals surface area contributed by atoms with Crippen LogP contribution < -0.4 is 0 Å². The van der Waals surface area contributed by atoms with E-state index in [0.29, 0.717) is 17.2 Å². The van der Waals surface area contributed by atoms with Crippen molar-refractivity contribution in [3.05, 3.63) is 54.8 Å². The molecule has 5 nitrogen and oxygen atoms in total. The number of halogens is 2. The summed E-state index contributed by atoms with van der Waals surface area (Å²) >= 11 is 1.65. The summed E-state index contributed by atoms with van der Waals surface area (Å²) in [6.07, 6.45) is 4.60. The maximum atomic E-state index is 12.3. The zero-order chi connectivity index (χ0) is 18.5. The molecule has 3 rings (SSSR count). The van der Waals surface area contributed by atoms with Crippen LogP contribution in [0.1, 0.15) is 5.82 Å². The van der Waals surface area contributed by atoms with E-state index in [9.17, 15) is 8.78 Å². The predicted octanol–water partition coefficient (Wildman–Crippen LogP) is 4.55. The van der Waals surface area contributed by atoms with Crippen LogP contribution in [-0.2, 0) is 0 Å². The first-order valence-corrected chi connectivity index (χ1v) is 8.86. The molecule has 0 spiro atoms. The van der Waals surface area contributed by atoms with Crippen molar-refractivity contribution in [2.75, 3.05) is 6.26 Å². The Kier molecular flexibility index (Phi) is 5.52. The third-order valence-corrected chi connectivity index (χ3v) is 4.29. The van der Waals surface area contributed by atoms with Gasteiger partial charge in [-0.2, -0.15) is 0 Å². The molecule has 3 aromatic rings. The number of allylic oxidation sites excluding steroid dienone is 1. The van der Waals surface area contributed by atoms with Gasteiger partial charge in [-0.05, 0) is 36.6 Å². The second-order valence-electron chi connectivity index (χ2n) is 5.29. The Labute approximate surface area is 153 Å². The number of hydrogen-bond donors (Lipinski definition) is 2. The fraction of sp³-hybridized carbons (Fsp3) is 0.111. The average molecular weight is 371 g/mol. The number of hydrogen-bond acceptors (Lipinski definition) is 5. The van der Waals surface area contributed by atoms with Gasteiger partial charge in [-0.15, -0.1) is 11.8 Å². The van der Waals surface area contributed by atoms with Crippen LogP contribution in [0.4, 0.5) is 8.78 Å². The van der Waals surface area contributed by atoms with Crippen LogP contribution in [0.25, 0.3) is 28.7 Å². The van der Waals surface area contributed by atoms with Crippen LogP contribution in [0.2, 0.25) is 0 Å². The molecule has 0 saturated carbocycles. The van der Waals surface area contributed by atoms with Gasteiger partial charge in [-0.25, -0.2) is 23.7 Å². The summed E-state index contributed by atoms with van der Waals surface area (Å²) < 4.78 is 24.7. The van der Waals surface area contributed by atoms with Gasteiger partial charge in [0.25, 0.3) is 6.43 Å². The Balaban J connectivity index is 1.86. The number of rotatable bonds is 6. The van der Waals surface area contributed by atoms with Crippen LogP contribution in [0.5, 0.6) is 0 Å². The maximum absolute atomic E-state index is 12.3. The Morgan fingerprint density at radius 2 is 2.00 bits per heavy atom. The molecule has 0 atom stereocenters. The van der Waals surface area contributed by atoms with Crippen molar-refractivity contribution in [2.45, 2.75) is 11.3 Å². The zero-order valence-corrected chi connectivity index (χ0v) is 14.6. The van der Waals surface area contributed by atoms with Crippen molar-refractivity contribution in [3.8, 4) is 22.6 Å². The van der Waals surface area contributed by atoms with Crippen LogP contribution in [0, 0.1) is 5.41 Å². The number of benzene rings is 1. The normalized spacial score (nSPS) is 11.4. The highest BCUT2D eigenvalue weighted by Crippen LogP contribution is 2.25. The number of nitrogens with zero attached hydrogens (tertiary/aromatic N) is 3. The van der Waals surface area contributed by atoms with Gasteiger partial charge in [0, 0.05) is 10.5 Å². The summed E-state index contributed by atoms with van der Waals surface area (Å²) in [4.78, 5) is 16.8. The smallest absolute Gasteiger partial charge is 0.279 e. The molecule has 26 heavy (non-hydrogen) atoms. The molecule has 0 saturated heterocycles. The van der Waals surface area contributed by atoms with E-state index in [-0.39, 0.29) is 0 Å².